The SMILES string of the molecule is C[C@@H]1CN(C(=O)CN2C[C@H](O)[C@@H](N3CCN(C)CC3)C2)C[C@H](C)O1. The van der Waals surface area contributed by atoms with Crippen molar-refractivity contribution in [2.24, 2.45) is 0 Å². The normalized spacial score (nSPS) is 37.1. The predicted molar refractivity (Wildman–Crippen MR) is 91.9 cm³/mol. The molecule has 7 nitrogen and oxygen atoms in total. The summed E-state index contributed by atoms with van der Waals surface area (Å²) >= 11 is 0. The third-order valence-corrected chi connectivity index (χ3v) is 5.47. The molecule has 24 heavy (non-hydrogen) atoms. The van der Waals surface area contributed by atoms with Gasteiger partial charge in [-0.3, -0.25) is 14.6 Å². The average molecular weight is 340 g/mol. The Morgan fingerprint density at radius 2 is 1.67 bits per heavy atom. The fourth-order valence-electron chi connectivity index (χ4n) is 4.16. The van der Waals surface area contributed by atoms with E-state index in [1.807, 2.05) is 18.7 Å². The van der Waals surface area contributed by atoms with Gasteiger partial charge in [0.2, 0.25) is 5.91 Å². The number of piperazine rings is 1. The molecule has 4 atom stereocenters. The number of carbonyl (C=O) groups excluding carboxylic acids is 1. The lowest BCUT2D eigenvalue weighted by molar-refractivity contribution is -0.144. The van der Waals surface area contributed by atoms with Gasteiger partial charge in [0.1, 0.15) is 0 Å². The molecular formula is C17H32N4O3. The summed E-state index contributed by atoms with van der Waals surface area (Å²) in [7, 11) is 2.14. The fourth-order valence-corrected chi connectivity index (χ4v) is 4.16. The Morgan fingerprint density at radius 3 is 2.29 bits per heavy atom. The number of hydrogen-bond donors (Lipinski definition) is 1. The van der Waals surface area contributed by atoms with Gasteiger partial charge in [-0.15, -0.1) is 0 Å². The maximum atomic E-state index is 12.6. The van der Waals surface area contributed by atoms with Gasteiger partial charge in [0.25, 0.3) is 0 Å². The molecule has 3 saturated heterocycles. The third-order valence-electron chi connectivity index (χ3n) is 5.47. The van der Waals surface area contributed by atoms with E-state index >= 15 is 0 Å². The summed E-state index contributed by atoms with van der Waals surface area (Å²) in [5.41, 5.74) is 0. The molecule has 3 aliphatic rings. The molecule has 138 valence electrons. The van der Waals surface area contributed by atoms with Crippen LogP contribution in [0.2, 0.25) is 0 Å². The standard InChI is InChI=1S/C17H32N4O3/c1-13-8-21(9-14(2)24-13)17(23)12-19-10-15(16(22)11-19)20-6-4-18(3)5-7-20/h13-16,22H,4-12H2,1-3H3/t13-,14+,15-,16-/m0/s1. The zero-order valence-corrected chi connectivity index (χ0v) is 15.2. The Balaban J connectivity index is 1.50. The van der Waals surface area contributed by atoms with Gasteiger partial charge in [0.05, 0.1) is 24.9 Å². The predicted octanol–water partition coefficient (Wildman–Crippen LogP) is -1.09. The summed E-state index contributed by atoms with van der Waals surface area (Å²) in [6.45, 7) is 11.2. The first kappa shape index (κ1) is 18.1. The lowest BCUT2D eigenvalue weighted by Crippen LogP contribution is -2.53. The molecular weight excluding hydrogens is 308 g/mol. The molecule has 0 bridgehead atoms. The first-order valence-corrected chi connectivity index (χ1v) is 9.18. The van der Waals surface area contributed by atoms with Gasteiger partial charge in [-0.25, -0.2) is 0 Å². The fraction of sp³-hybridized carbons (Fsp3) is 0.941. The van der Waals surface area contributed by atoms with E-state index < -0.39 is 0 Å². The molecule has 7 heteroatoms. The van der Waals surface area contributed by atoms with Gasteiger partial charge >= 0.3 is 0 Å². The van der Waals surface area contributed by atoms with E-state index in [1.165, 1.54) is 0 Å². The molecule has 0 spiro atoms. The molecule has 3 heterocycles. The van der Waals surface area contributed by atoms with E-state index in [0.29, 0.717) is 26.2 Å². The van der Waals surface area contributed by atoms with Crippen LogP contribution >= 0.6 is 0 Å². The highest BCUT2D eigenvalue weighted by Gasteiger charge is 2.38. The average Bonchev–Trinajstić information content (AvgIpc) is 2.87. The van der Waals surface area contributed by atoms with Crippen molar-refractivity contribution in [3.05, 3.63) is 0 Å². The molecule has 0 aromatic rings. The Bertz CT molecular complexity index is 432. The van der Waals surface area contributed by atoms with Gasteiger partial charge in [0.15, 0.2) is 0 Å². The van der Waals surface area contributed by atoms with Crippen molar-refractivity contribution in [2.45, 2.75) is 38.2 Å². The van der Waals surface area contributed by atoms with Crippen molar-refractivity contribution >= 4 is 5.91 Å². The van der Waals surface area contributed by atoms with Gasteiger partial charge in [-0.1, -0.05) is 0 Å². The molecule has 1 amide bonds. The maximum absolute atomic E-state index is 12.6. The second-order valence-electron chi connectivity index (χ2n) is 7.72. The van der Waals surface area contributed by atoms with E-state index in [-0.39, 0.29) is 30.3 Å². The molecule has 3 aliphatic heterocycles. The minimum atomic E-state index is -0.358. The first-order valence-electron chi connectivity index (χ1n) is 9.18. The molecule has 3 rings (SSSR count). The van der Waals surface area contributed by atoms with Crippen LogP contribution in [-0.2, 0) is 9.53 Å². The molecule has 0 unspecified atom stereocenters. The highest BCUT2D eigenvalue weighted by atomic mass is 16.5. The third kappa shape index (κ3) is 4.26. The molecule has 0 aromatic heterocycles. The maximum Gasteiger partial charge on any atom is 0.236 e. The minimum Gasteiger partial charge on any atom is -0.390 e. The number of nitrogens with zero attached hydrogens (tertiary/aromatic N) is 4. The summed E-state index contributed by atoms with van der Waals surface area (Å²) in [6, 6.07) is 0.161. The van der Waals surface area contributed by atoms with Crippen LogP contribution in [-0.4, -0.2) is 121 Å². The van der Waals surface area contributed by atoms with Crippen LogP contribution in [0.4, 0.5) is 0 Å². The van der Waals surface area contributed by atoms with Crippen molar-refractivity contribution in [1.29, 1.82) is 0 Å². The van der Waals surface area contributed by atoms with Gasteiger partial charge in [0, 0.05) is 58.4 Å². The minimum absolute atomic E-state index is 0.0972. The number of morpholine rings is 1. The molecule has 3 fully saturated rings. The highest BCUT2D eigenvalue weighted by Crippen LogP contribution is 2.19. The van der Waals surface area contributed by atoms with Crippen molar-refractivity contribution < 1.29 is 14.6 Å². The summed E-state index contributed by atoms with van der Waals surface area (Å²) < 4.78 is 5.70. The molecule has 0 radical (unpaired) electrons. The number of hydrogen-bond acceptors (Lipinski definition) is 6. The summed E-state index contributed by atoms with van der Waals surface area (Å²) in [5.74, 6) is 0.156. The van der Waals surface area contributed by atoms with Gasteiger partial charge in [-0.05, 0) is 20.9 Å². The highest BCUT2D eigenvalue weighted by molar-refractivity contribution is 5.78. The zero-order valence-electron chi connectivity index (χ0n) is 15.2. The van der Waals surface area contributed by atoms with E-state index in [9.17, 15) is 9.90 Å². The second-order valence-corrected chi connectivity index (χ2v) is 7.72. The number of aliphatic hydroxyl groups is 1. The Hall–Kier alpha value is -0.730. The molecule has 0 saturated carbocycles. The van der Waals surface area contributed by atoms with Crippen LogP contribution in [0.1, 0.15) is 13.8 Å². The van der Waals surface area contributed by atoms with Crippen LogP contribution in [0.5, 0.6) is 0 Å². The topological polar surface area (TPSA) is 59.5 Å². The Morgan fingerprint density at radius 1 is 1.04 bits per heavy atom. The smallest absolute Gasteiger partial charge is 0.236 e. The largest absolute Gasteiger partial charge is 0.390 e. The Labute approximate surface area is 145 Å². The zero-order chi connectivity index (χ0) is 17.3. The lowest BCUT2D eigenvalue weighted by Gasteiger charge is -2.37. The lowest BCUT2D eigenvalue weighted by atomic mass is 10.1. The number of carbonyl (C=O) groups is 1. The number of amides is 1. The number of aliphatic hydroxyl groups excluding tert-OH is 1. The van der Waals surface area contributed by atoms with Crippen molar-refractivity contribution in [2.75, 3.05) is 66.0 Å². The molecule has 0 aliphatic carbocycles. The monoisotopic (exact) mass is 340 g/mol. The quantitative estimate of drug-likeness (QED) is 0.705. The van der Waals surface area contributed by atoms with Crippen LogP contribution in [0.15, 0.2) is 0 Å². The Kier molecular flexibility index (Phi) is 5.77. The van der Waals surface area contributed by atoms with Crippen LogP contribution < -0.4 is 0 Å². The van der Waals surface area contributed by atoms with Crippen molar-refractivity contribution in [3.63, 3.8) is 0 Å². The number of likely N-dealkylation sites (N-methyl/N-ethyl adjacent to an activating group) is 1. The first-order chi connectivity index (χ1) is 11.4. The van der Waals surface area contributed by atoms with Crippen LogP contribution in [0, 0.1) is 0 Å². The number of likely N-dealkylation sites (tertiary alicyclic amines) is 1. The molecule has 1 N–H and O–H groups in total. The van der Waals surface area contributed by atoms with E-state index in [2.05, 4.69) is 21.7 Å². The number of ether oxygens (including phenoxy) is 1. The second kappa shape index (κ2) is 7.66. The summed E-state index contributed by atoms with van der Waals surface area (Å²) in [6.07, 6.45) is -0.163. The van der Waals surface area contributed by atoms with Gasteiger partial charge < -0.3 is 19.6 Å². The van der Waals surface area contributed by atoms with Gasteiger partial charge in [-0.2, -0.15) is 0 Å². The summed E-state index contributed by atoms with van der Waals surface area (Å²) in [4.78, 5) is 21.3. The van der Waals surface area contributed by atoms with E-state index in [1.54, 1.807) is 0 Å². The van der Waals surface area contributed by atoms with Crippen molar-refractivity contribution in [1.82, 2.24) is 19.6 Å². The van der Waals surface area contributed by atoms with E-state index in [0.717, 1.165) is 32.7 Å². The van der Waals surface area contributed by atoms with Crippen LogP contribution in [0.25, 0.3) is 0 Å². The van der Waals surface area contributed by atoms with E-state index in [4.69, 9.17) is 4.74 Å². The molecule has 0 aromatic carbocycles. The number of rotatable bonds is 3. The summed E-state index contributed by atoms with van der Waals surface area (Å²) in [5, 5.41) is 10.4. The van der Waals surface area contributed by atoms with Crippen molar-refractivity contribution in [3.8, 4) is 0 Å². The van der Waals surface area contributed by atoms with Crippen LogP contribution in [0.3, 0.4) is 0 Å². The number of β-amino-alcohol motifs (C(OH)–C–C–N with tert-alkyl or cyclic N) is 1.